The molecule has 4 nitrogen and oxygen atoms in total. The molecule has 0 aliphatic heterocycles. The lowest BCUT2D eigenvalue weighted by Crippen LogP contribution is -2.32. The molecule has 0 unspecified atom stereocenters. The van der Waals surface area contributed by atoms with Crippen molar-refractivity contribution in [1.29, 1.82) is 0 Å². The Hall–Kier alpha value is -2.62. The molecule has 4 heteroatoms. The molecule has 0 atom stereocenters. The number of rotatable bonds is 5. The second-order valence-electron chi connectivity index (χ2n) is 5.22. The number of nitrogens with zero attached hydrogens (tertiary/aromatic N) is 1. The van der Waals surface area contributed by atoms with Gasteiger partial charge in [0.15, 0.2) is 5.78 Å². The van der Waals surface area contributed by atoms with Gasteiger partial charge in [-0.2, -0.15) is 0 Å². The third-order valence-corrected chi connectivity index (χ3v) is 3.47. The molecule has 0 bridgehead atoms. The van der Waals surface area contributed by atoms with Crippen LogP contribution in [-0.4, -0.2) is 30.3 Å². The highest BCUT2D eigenvalue weighted by Crippen LogP contribution is 2.11. The number of ketones is 1. The van der Waals surface area contributed by atoms with E-state index in [4.69, 9.17) is 0 Å². The number of hydrogen-bond acceptors (Lipinski definition) is 2. The third kappa shape index (κ3) is 4.45. The number of anilines is 1. The molecule has 0 radical (unpaired) electrons. The summed E-state index contributed by atoms with van der Waals surface area (Å²) in [6.45, 7) is 2.16. The van der Waals surface area contributed by atoms with Crippen LogP contribution >= 0.6 is 0 Å². The van der Waals surface area contributed by atoms with E-state index in [1.54, 1.807) is 36.2 Å². The van der Waals surface area contributed by atoms with Gasteiger partial charge in [0.05, 0.1) is 0 Å². The first-order valence-corrected chi connectivity index (χ1v) is 7.23. The quantitative estimate of drug-likeness (QED) is 0.857. The van der Waals surface area contributed by atoms with E-state index >= 15 is 0 Å². The van der Waals surface area contributed by atoms with Gasteiger partial charge >= 0.3 is 6.03 Å². The normalized spacial score (nSPS) is 10.1. The molecule has 2 amide bonds. The highest BCUT2D eigenvalue weighted by molar-refractivity contribution is 5.95. The minimum absolute atomic E-state index is 0.0119. The highest BCUT2D eigenvalue weighted by atomic mass is 16.2. The predicted octanol–water partition coefficient (Wildman–Crippen LogP) is 3.60. The van der Waals surface area contributed by atoms with E-state index in [0.29, 0.717) is 17.8 Å². The number of carbonyl (C=O) groups excluding carboxylic acids is 2. The molecule has 114 valence electrons. The summed E-state index contributed by atoms with van der Waals surface area (Å²) in [6, 6.07) is 16.8. The van der Waals surface area contributed by atoms with Gasteiger partial charge in [-0.05, 0) is 43.2 Å². The summed E-state index contributed by atoms with van der Waals surface area (Å²) in [5, 5.41) is 2.82. The molecule has 0 aliphatic rings. The molecule has 0 saturated heterocycles. The zero-order chi connectivity index (χ0) is 15.9. The summed E-state index contributed by atoms with van der Waals surface area (Å²) in [6.07, 6.45) is 0.814. The number of likely N-dealkylation sites (N-methyl/N-ethyl adjacent to an activating group) is 1. The lowest BCUT2D eigenvalue weighted by atomic mass is 10.1. The first-order valence-electron chi connectivity index (χ1n) is 7.23. The van der Waals surface area contributed by atoms with Crippen molar-refractivity contribution in [2.75, 3.05) is 18.9 Å². The summed E-state index contributed by atoms with van der Waals surface area (Å²) in [4.78, 5) is 25.0. The van der Waals surface area contributed by atoms with Crippen LogP contribution in [0.25, 0.3) is 0 Å². The van der Waals surface area contributed by atoms with Gasteiger partial charge in [0.2, 0.25) is 0 Å². The number of amides is 2. The Morgan fingerprint density at radius 1 is 1.00 bits per heavy atom. The van der Waals surface area contributed by atoms with Crippen LogP contribution < -0.4 is 5.32 Å². The molecular formula is C18H20N2O2. The SMILES string of the molecule is CC(=O)c1ccc(NC(=O)N(C)CCc2ccccc2)cc1. The zero-order valence-electron chi connectivity index (χ0n) is 12.9. The third-order valence-electron chi connectivity index (χ3n) is 3.47. The smallest absolute Gasteiger partial charge is 0.321 e. The molecule has 1 N–H and O–H groups in total. The number of urea groups is 1. The average Bonchev–Trinajstić information content (AvgIpc) is 2.54. The van der Waals surface area contributed by atoms with Crippen LogP contribution in [0.1, 0.15) is 22.8 Å². The highest BCUT2D eigenvalue weighted by Gasteiger charge is 2.09. The van der Waals surface area contributed by atoms with Crippen LogP contribution in [0.5, 0.6) is 0 Å². The van der Waals surface area contributed by atoms with Gasteiger partial charge < -0.3 is 10.2 Å². The van der Waals surface area contributed by atoms with Crippen molar-refractivity contribution in [2.45, 2.75) is 13.3 Å². The van der Waals surface area contributed by atoms with Crippen molar-refractivity contribution in [3.8, 4) is 0 Å². The van der Waals surface area contributed by atoms with E-state index in [1.807, 2.05) is 30.3 Å². The Bertz CT molecular complexity index is 636. The summed E-state index contributed by atoms with van der Waals surface area (Å²) in [5.41, 5.74) is 2.52. The second kappa shape index (κ2) is 7.41. The number of Topliss-reactive ketones (excluding diaryl/α,β-unsaturated/α-hetero) is 1. The van der Waals surface area contributed by atoms with Gasteiger partial charge in [-0.3, -0.25) is 4.79 Å². The lowest BCUT2D eigenvalue weighted by molar-refractivity contribution is 0.101. The Morgan fingerprint density at radius 2 is 1.64 bits per heavy atom. The van der Waals surface area contributed by atoms with E-state index in [0.717, 1.165) is 6.42 Å². The minimum atomic E-state index is -0.161. The fourth-order valence-electron chi connectivity index (χ4n) is 2.05. The number of benzene rings is 2. The Morgan fingerprint density at radius 3 is 2.23 bits per heavy atom. The maximum Gasteiger partial charge on any atom is 0.321 e. The first-order chi connectivity index (χ1) is 10.6. The van der Waals surface area contributed by atoms with Crippen molar-refractivity contribution in [1.82, 2.24) is 4.90 Å². The van der Waals surface area contributed by atoms with Crippen molar-refractivity contribution in [3.05, 3.63) is 65.7 Å². The largest absolute Gasteiger partial charge is 0.327 e. The van der Waals surface area contributed by atoms with Crippen LogP contribution in [0.3, 0.4) is 0 Å². The van der Waals surface area contributed by atoms with Crippen LogP contribution in [-0.2, 0) is 6.42 Å². The topological polar surface area (TPSA) is 49.4 Å². The molecular weight excluding hydrogens is 276 g/mol. The summed E-state index contributed by atoms with van der Waals surface area (Å²) >= 11 is 0. The Kier molecular flexibility index (Phi) is 5.31. The molecule has 0 fully saturated rings. The number of hydrogen-bond donors (Lipinski definition) is 1. The fraction of sp³-hybridized carbons (Fsp3) is 0.222. The fourth-order valence-corrected chi connectivity index (χ4v) is 2.05. The van der Waals surface area contributed by atoms with E-state index in [9.17, 15) is 9.59 Å². The van der Waals surface area contributed by atoms with Crippen LogP contribution in [0.4, 0.5) is 10.5 Å². The Balaban J connectivity index is 1.87. The molecule has 0 spiro atoms. The van der Waals surface area contributed by atoms with E-state index in [-0.39, 0.29) is 11.8 Å². The lowest BCUT2D eigenvalue weighted by Gasteiger charge is -2.18. The van der Waals surface area contributed by atoms with E-state index in [2.05, 4.69) is 5.32 Å². The van der Waals surface area contributed by atoms with Gasteiger partial charge in [0, 0.05) is 24.8 Å². The molecule has 0 aliphatic carbocycles. The maximum atomic E-state index is 12.1. The van der Waals surface area contributed by atoms with Crippen molar-refractivity contribution >= 4 is 17.5 Å². The predicted molar refractivity (Wildman–Crippen MR) is 88.2 cm³/mol. The molecule has 0 heterocycles. The zero-order valence-corrected chi connectivity index (χ0v) is 12.9. The molecule has 2 rings (SSSR count). The van der Waals surface area contributed by atoms with Crippen molar-refractivity contribution in [2.24, 2.45) is 0 Å². The first kappa shape index (κ1) is 15.8. The summed E-state index contributed by atoms with van der Waals surface area (Å²) in [5.74, 6) is 0.0119. The van der Waals surface area contributed by atoms with Crippen LogP contribution in [0.2, 0.25) is 0 Å². The molecule has 0 aromatic heterocycles. The Labute approximate surface area is 130 Å². The standard InChI is InChI=1S/C18H20N2O2/c1-14(21)16-8-10-17(11-9-16)19-18(22)20(2)13-12-15-6-4-3-5-7-15/h3-11H,12-13H2,1-2H3,(H,19,22). The van der Waals surface area contributed by atoms with Crippen LogP contribution in [0.15, 0.2) is 54.6 Å². The van der Waals surface area contributed by atoms with Gasteiger partial charge in [-0.1, -0.05) is 30.3 Å². The average molecular weight is 296 g/mol. The van der Waals surface area contributed by atoms with E-state index in [1.165, 1.54) is 12.5 Å². The summed E-state index contributed by atoms with van der Waals surface area (Å²) in [7, 11) is 1.77. The number of carbonyl (C=O) groups is 2. The van der Waals surface area contributed by atoms with Crippen molar-refractivity contribution in [3.63, 3.8) is 0 Å². The van der Waals surface area contributed by atoms with E-state index < -0.39 is 0 Å². The van der Waals surface area contributed by atoms with Gasteiger partial charge in [0.1, 0.15) is 0 Å². The van der Waals surface area contributed by atoms with Gasteiger partial charge in [-0.15, -0.1) is 0 Å². The monoisotopic (exact) mass is 296 g/mol. The molecule has 0 saturated carbocycles. The molecule has 22 heavy (non-hydrogen) atoms. The van der Waals surface area contributed by atoms with Gasteiger partial charge in [-0.25, -0.2) is 4.79 Å². The van der Waals surface area contributed by atoms with Gasteiger partial charge in [0.25, 0.3) is 0 Å². The maximum absolute atomic E-state index is 12.1. The molecule has 2 aromatic carbocycles. The van der Waals surface area contributed by atoms with Crippen LogP contribution in [0, 0.1) is 0 Å². The molecule has 2 aromatic rings. The second-order valence-corrected chi connectivity index (χ2v) is 5.22. The number of nitrogens with one attached hydrogen (secondary N) is 1. The minimum Gasteiger partial charge on any atom is -0.327 e. The summed E-state index contributed by atoms with van der Waals surface area (Å²) < 4.78 is 0. The van der Waals surface area contributed by atoms with Crippen molar-refractivity contribution < 1.29 is 9.59 Å².